The lowest BCUT2D eigenvalue weighted by Crippen LogP contribution is -2.08. The monoisotopic (exact) mass is 181 g/mol. The Kier molecular flexibility index (Phi) is 3.73. The van der Waals surface area contributed by atoms with Crippen molar-refractivity contribution in [1.82, 2.24) is 0 Å². The minimum Gasteiger partial charge on any atom is -0.462 e. The van der Waals surface area contributed by atoms with Gasteiger partial charge in [0.25, 0.3) is 0 Å². The second kappa shape index (κ2) is 4.84. The molecular weight excluding hydrogens is 166 g/mol. The fourth-order valence-corrected chi connectivity index (χ4v) is 1.12. The highest BCUT2D eigenvalue weighted by molar-refractivity contribution is 5.09. The SMILES string of the molecule is C=CCC[C@@H](N)c1ccc(CO)o1. The molecule has 0 amide bonds. The van der Waals surface area contributed by atoms with Crippen molar-refractivity contribution < 1.29 is 9.52 Å². The van der Waals surface area contributed by atoms with Gasteiger partial charge in [-0.05, 0) is 25.0 Å². The van der Waals surface area contributed by atoms with Crippen LogP contribution in [0.15, 0.2) is 29.2 Å². The highest BCUT2D eigenvalue weighted by Crippen LogP contribution is 2.18. The molecule has 1 rings (SSSR count). The van der Waals surface area contributed by atoms with Gasteiger partial charge in [-0.2, -0.15) is 0 Å². The van der Waals surface area contributed by atoms with Crippen molar-refractivity contribution in [3.05, 3.63) is 36.3 Å². The summed E-state index contributed by atoms with van der Waals surface area (Å²) >= 11 is 0. The van der Waals surface area contributed by atoms with E-state index in [1.807, 2.05) is 6.08 Å². The highest BCUT2D eigenvalue weighted by atomic mass is 16.4. The average Bonchev–Trinajstić information content (AvgIpc) is 2.62. The van der Waals surface area contributed by atoms with Crippen molar-refractivity contribution in [1.29, 1.82) is 0 Å². The Balaban J connectivity index is 2.54. The number of hydrogen-bond acceptors (Lipinski definition) is 3. The van der Waals surface area contributed by atoms with Crippen LogP contribution in [0.4, 0.5) is 0 Å². The van der Waals surface area contributed by atoms with Crippen molar-refractivity contribution in [3.63, 3.8) is 0 Å². The fourth-order valence-electron chi connectivity index (χ4n) is 1.12. The number of allylic oxidation sites excluding steroid dienone is 1. The van der Waals surface area contributed by atoms with Crippen LogP contribution in [0.3, 0.4) is 0 Å². The van der Waals surface area contributed by atoms with E-state index in [1.54, 1.807) is 12.1 Å². The zero-order valence-electron chi connectivity index (χ0n) is 7.57. The molecule has 13 heavy (non-hydrogen) atoms. The molecule has 0 aromatic carbocycles. The molecule has 0 saturated carbocycles. The smallest absolute Gasteiger partial charge is 0.129 e. The van der Waals surface area contributed by atoms with Gasteiger partial charge < -0.3 is 15.3 Å². The van der Waals surface area contributed by atoms with Gasteiger partial charge in [0.2, 0.25) is 0 Å². The summed E-state index contributed by atoms with van der Waals surface area (Å²) in [7, 11) is 0. The van der Waals surface area contributed by atoms with Crippen LogP contribution in [0, 0.1) is 0 Å². The fraction of sp³-hybridized carbons (Fsp3) is 0.400. The summed E-state index contributed by atoms with van der Waals surface area (Å²) in [6.45, 7) is 3.55. The molecule has 3 N–H and O–H groups in total. The van der Waals surface area contributed by atoms with Crippen LogP contribution in [0.25, 0.3) is 0 Å². The summed E-state index contributed by atoms with van der Waals surface area (Å²) in [5, 5.41) is 8.76. The molecule has 72 valence electrons. The zero-order chi connectivity index (χ0) is 9.68. The van der Waals surface area contributed by atoms with Crippen molar-refractivity contribution in [3.8, 4) is 0 Å². The Morgan fingerprint density at radius 3 is 2.92 bits per heavy atom. The Morgan fingerprint density at radius 2 is 2.38 bits per heavy atom. The molecule has 3 heteroatoms. The minimum atomic E-state index is -0.0988. The largest absolute Gasteiger partial charge is 0.462 e. The molecule has 1 heterocycles. The van der Waals surface area contributed by atoms with E-state index in [-0.39, 0.29) is 12.6 Å². The first-order valence-electron chi connectivity index (χ1n) is 4.34. The molecule has 0 bridgehead atoms. The number of aliphatic hydroxyl groups is 1. The molecule has 1 aromatic heterocycles. The maximum atomic E-state index is 8.76. The standard InChI is InChI=1S/C10H15NO2/c1-2-3-4-9(11)10-6-5-8(7-12)13-10/h2,5-6,9,12H,1,3-4,7,11H2/t9-/m1/s1. The van der Waals surface area contributed by atoms with E-state index < -0.39 is 0 Å². The molecule has 0 radical (unpaired) electrons. The first kappa shape index (κ1) is 10.0. The molecule has 0 fully saturated rings. The Hall–Kier alpha value is -1.06. The lowest BCUT2D eigenvalue weighted by atomic mass is 10.1. The van der Waals surface area contributed by atoms with E-state index in [9.17, 15) is 0 Å². The van der Waals surface area contributed by atoms with E-state index in [1.165, 1.54) is 0 Å². The third-order valence-corrected chi connectivity index (χ3v) is 1.89. The Bertz CT molecular complexity index is 268. The third-order valence-electron chi connectivity index (χ3n) is 1.89. The van der Waals surface area contributed by atoms with Crippen LogP contribution >= 0.6 is 0 Å². The normalized spacial score (nSPS) is 12.8. The first-order valence-corrected chi connectivity index (χ1v) is 4.34. The number of hydrogen-bond donors (Lipinski definition) is 2. The van der Waals surface area contributed by atoms with Gasteiger partial charge in [-0.1, -0.05) is 6.08 Å². The van der Waals surface area contributed by atoms with Crippen molar-refractivity contribution in [2.45, 2.75) is 25.5 Å². The van der Waals surface area contributed by atoms with Gasteiger partial charge in [0.1, 0.15) is 18.1 Å². The van der Waals surface area contributed by atoms with Crippen molar-refractivity contribution >= 4 is 0 Å². The second-order valence-electron chi connectivity index (χ2n) is 2.93. The quantitative estimate of drug-likeness (QED) is 0.680. The van der Waals surface area contributed by atoms with E-state index >= 15 is 0 Å². The number of nitrogens with two attached hydrogens (primary N) is 1. The van der Waals surface area contributed by atoms with Gasteiger partial charge >= 0.3 is 0 Å². The Labute approximate surface area is 77.9 Å². The van der Waals surface area contributed by atoms with E-state index in [4.69, 9.17) is 15.3 Å². The molecule has 0 saturated heterocycles. The first-order chi connectivity index (χ1) is 6.27. The molecule has 1 aromatic rings. The second-order valence-corrected chi connectivity index (χ2v) is 2.93. The van der Waals surface area contributed by atoms with E-state index in [0.29, 0.717) is 5.76 Å². The van der Waals surface area contributed by atoms with E-state index in [0.717, 1.165) is 18.6 Å². The zero-order valence-corrected chi connectivity index (χ0v) is 7.57. The van der Waals surface area contributed by atoms with Crippen LogP contribution in [-0.4, -0.2) is 5.11 Å². The van der Waals surface area contributed by atoms with Gasteiger partial charge in [0.05, 0.1) is 6.04 Å². The number of furan rings is 1. The van der Waals surface area contributed by atoms with Crippen LogP contribution in [0.5, 0.6) is 0 Å². The topological polar surface area (TPSA) is 59.4 Å². The lowest BCUT2D eigenvalue weighted by Gasteiger charge is -2.05. The summed E-state index contributed by atoms with van der Waals surface area (Å²) in [5.74, 6) is 1.29. The third kappa shape index (κ3) is 2.72. The maximum Gasteiger partial charge on any atom is 0.129 e. The van der Waals surface area contributed by atoms with E-state index in [2.05, 4.69) is 6.58 Å². The molecular formula is C10H15NO2. The average molecular weight is 181 g/mol. The van der Waals surface area contributed by atoms with Gasteiger partial charge in [0.15, 0.2) is 0 Å². The van der Waals surface area contributed by atoms with Gasteiger partial charge in [0, 0.05) is 0 Å². The minimum absolute atomic E-state index is 0.0752. The predicted octanol–water partition coefficient (Wildman–Crippen LogP) is 1.74. The summed E-state index contributed by atoms with van der Waals surface area (Å²) < 4.78 is 5.28. The predicted molar refractivity (Wildman–Crippen MR) is 51.0 cm³/mol. The molecule has 0 unspecified atom stereocenters. The van der Waals surface area contributed by atoms with Crippen LogP contribution in [0.1, 0.15) is 30.4 Å². The lowest BCUT2D eigenvalue weighted by molar-refractivity contribution is 0.241. The summed E-state index contributed by atoms with van der Waals surface area (Å²) in [6.07, 6.45) is 3.52. The molecule has 3 nitrogen and oxygen atoms in total. The maximum absolute atomic E-state index is 8.76. The van der Waals surface area contributed by atoms with Crippen LogP contribution in [-0.2, 0) is 6.61 Å². The van der Waals surface area contributed by atoms with Crippen molar-refractivity contribution in [2.75, 3.05) is 0 Å². The van der Waals surface area contributed by atoms with Gasteiger partial charge in [-0.3, -0.25) is 0 Å². The summed E-state index contributed by atoms with van der Waals surface area (Å²) in [6, 6.07) is 3.45. The Morgan fingerprint density at radius 1 is 1.62 bits per heavy atom. The summed E-state index contributed by atoms with van der Waals surface area (Å²) in [4.78, 5) is 0. The molecule has 0 aliphatic rings. The molecule has 1 atom stereocenters. The molecule has 0 spiro atoms. The molecule has 0 aliphatic carbocycles. The van der Waals surface area contributed by atoms with Gasteiger partial charge in [-0.25, -0.2) is 0 Å². The van der Waals surface area contributed by atoms with Crippen LogP contribution < -0.4 is 5.73 Å². The number of aliphatic hydroxyl groups excluding tert-OH is 1. The summed E-state index contributed by atoms with van der Waals surface area (Å²) in [5.41, 5.74) is 5.83. The highest BCUT2D eigenvalue weighted by Gasteiger charge is 2.09. The number of rotatable bonds is 5. The van der Waals surface area contributed by atoms with Crippen LogP contribution in [0.2, 0.25) is 0 Å². The molecule has 0 aliphatic heterocycles. The van der Waals surface area contributed by atoms with Crippen molar-refractivity contribution in [2.24, 2.45) is 5.73 Å². The van der Waals surface area contributed by atoms with Gasteiger partial charge in [-0.15, -0.1) is 6.58 Å².